The Hall–Kier alpha value is -4.24. The number of anilines is 1. The fourth-order valence-electron chi connectivity index (χ4n) is 6.91. The molecular weight excluding hydrogens is 1010 g/mol. The lowest BCUT2D eigenvalue weighted by molar-refractivity contribution is -0.440. The van der Waals surface area contributed by atoms with E-state index in [2.05, 4.69) is 4.99 Å². The summed E-state index contributed by atoms with van der Waals surface area (Å²) in [6, 6.07) is 3.21. The van der Waals surface area contributed by atoms with Crippen molar-refractivity contribution in [2.75, 3.05) is 4.90 Å². The molecule has 2 rings (SSSR count). The maximum Gasteiger partial charge on any atom is 0.460 e. The van der Waals surface area contributed by atoms with Crippen LogP contribution < -0.4 is 4.90 Å². The normalized spacial score (nSPS) is 15.4. The second-order valence-corrected chi connectivity index (χ2v) is 15.9. The molecule has 0 amide bonds. The van der Waals surface area contributed by atoms with Crippen LogP contribution in [0.3, 0.4) is 0 Å². The summed E-state index contributed by atoms with van der Waals surface area (Å²) in [4.78, 5) is 18.7. The SMILES string of the molecule is Cc1cc(C)c(N=CN(c2c(C)cc(C)cc2C)C(CCCC(F)(F)C(F)(F)C(F)(F)C(F)(F)C(F)(F)C(F)(F)F)C(=O)CCCC(F)(F)C(F)(F)C(F)(F)C(F)(F)C(F)(F)C(F)(F)F)c(C)c1. The van der Waals surface area contributed by atoms with Gasteiger partial charge in [-0.3, -0.25) is 4.79 Å². The van der Waals surface area contributed by atoms with E-state index in [4.69, 9.17) is 0 Å². The van der Waals surface area contributed by atoms with Crippen LogP contribution in [0.15, 0.2) is 29.3 Å². The molecule has 0 heterocycles. The van der Waals surface area contributed by atoms with E-state index in [0.717, 1.165) is 0 Å². The van der Waals surface area contributed by atoms with Crippen LogP contribution in [0.5, 0.6) is 0 Å². The highest BCUT2D eigenvalue weighted by Gasteiger charge is 2.92. The van der Waals surface area contributed by atoms with E-state index in [1.54, 1.807) is 6.92 Å². The molecule has 0 fully saturated rings. The van der Waals surface area contributed by atoms with E-state index in [1.807, 2.05) is 0 Å². The van der Waals surface area contributed by atoms with Crippen LogP contribution in [0.2, 0.25) is 0 Å². The summed E-state index contributed by atoms with van der Waals surface area (Å²) in [6.07, 6.45) is -27.9. The summed E-state index contributed by atoms with van der Waals surface area (Å²) in [5, 5.41) is 0. The lowest BCUT2D eigenvalue weighted by Gasteiger charge is -2.40. The molecule has 0 bridgehead atoms. The summed E-state index contributed by atoms with van der Waals surface area (Å²) in [5.41, 5.74) is 1.62. The number of carbonyl (C=O) groups is 1. The zero-order chi connectivity index (χ0) is 53.8. The minimum Gasteiger partial charge on any atom is -0.321 e. The maximum atomic E-state index is 14.9. The second kappa shape index (κ2) is 18.8. The number of halogens is 26. The molecule has 0 aliphatic carbocycles. The fraction of sp³-hybridized carbons (Fsp3) is 0.641. The number of nitrogens with zero attached hydrogens (tertiary/aromatic N) is 2. The average molecular weight is 1040 g/mol. The van der Waals surface area contributed by atoms with Crippen LogP contribution in [0.1, 0.15) is 71.9 Å². The number of aryl methyl sites for hydroxylation is 6. The number of aliphatic imine (C=N–C) groups is 1. The van der Waals surface area contributed by atoms with Crippen LogP contribution in [0.4, 0.5) is 126 Å². The first-order valence-corrected chi connectivity index (χ1v) is 18.9. The fourth-order valence-corrected chi connectivity index (χ4v) is 6.91. The Balaban J connectivity index is 2.79. The van der Waals surface area contributed by atoms with Crippen molar-refractivity contribution in [1.29, 1.82) is 0 Å². The lowest BCUT2D eigenvalue weighted by Crippen LogP contribution is -2.70. The number of ketones is 1. The van der Waals surface area contributed by atoms with E-state index in [-0.39, 0.29) is 22.5 Å². The van der Waals surface area contributed by atoms with Gasteiger partial charge in [0.2, 0.25) is 0 Å². The number of alkyl halides is 26. The van der Waals surface area contributed by atoms with Gasteiger partial charge in [-0.2, -0.15) is 114 Å². The van der Waals surface area contributed by atoms with Gasteiger partial charge < -0.3 is 4.90 Å². The minimum absolute atomic E-state index is 0.0370. The van der Waals surface area contributed by atoms with E-state index in [0.29, 0.717) is 33.5 Å². The van der Waals surface area contributed by atoms with E-state index in [9.17, 15) is 119 Å². The van der Waals surface area contributed by atoms with Gasteiger partial charge in [-0.25, -0.2) is 4.99 Å². The van der Waals surface area contributed by atoms with Gasteiger partial charge >= 0.3 is 71.6 Å². The Labute approximate surface area is 367 Å². The molecule has 1 atom stereocenters. The van der Waals surface area contributed by atoms with E-state index >= 15 is 0 Å². The van der Waals surface area contributed by atoms with Crippen LogP contribution in [0, 0.1) is 41.5 Å². The number of carbonyl (C=O) groups excluding carboxylic acids is 1. The molecule has 0 saturated heterocycles. The first-order chi connectivity index (χ1) is 30.0. The molecule has 2 aromatic rings. The Morgan fingerprint density at radius 2 is 0.779 bits per heavy atom. The molecular formula is C39H36F26N2O. The van der Waals surface area contributed by atoms with Gasteiger partial charge in [0.25, 0.3) is 0 Å². The van der Waals surface area contributed by atoms with Gasteiger partial charge in [0.05, 0.1) is 18.1 Å². The Bertz CT molecular complexity index is 2110. The third-order valence-electron chi connectivity index (χ3n) is 10.4. The third kappa shape index (κ3) is 10.3. The minimum atomic E-state index is -8.29. The Kier molecular flexibility index (Phi) is 16.6. The van der Waals surface area contributed by atoms with Gasteiger partial charge in [0.1, 0.15) is 0 Å². The number of benzene rings is 2. The predicted molar refractivity (Wildman–Crippen MR) is 190 cm³/mol. The Morgan fingerprint density at radius 1 is 0.471 bits per heavy atom. The summed E-state index contributed by atoms with van der Waals surface area (Å²) < 4.78 is 358. The highest BCUT2D eigenvalue weighted by atomic mass is 19.4. The molecule has 2 aromatic carbocycles. The van der Waals surface area contributed by atoms with Crippen molar-refractivity contribution >= 4 is 23.5 Å². The molecule has 0 spiro atoms. The molecule has 1 unspecified atom stereocenters. The zero-order valence-corrected chi connectivity index (χ0v) is 35.3. The van der Waals surface area contributed by atoms with Crippen LogP contribution in [0.25, 0.3) is 0 Å². The largest absolute Gasteiger partial charge is 0.460 e. The standard InChI is InChI=1S/C39H36F26N2O/c1-18-13-20(3)26(21(4)14-18)66-17-67(27-22(5)15-19(2)16-23(27)6)24(9-7-11-28(40,41)30(44,45)32(48,49)34(52,53)36(56,57)38(60,61)62)25(68)10-8-12-29(42,43)31(46,47)33(50,51)35(54,55)37(58,59)39(63,64)65/h13-17,24H,7-12H2,1-6H3. The summed E-state index contributed by atoms with van der Waals surface area (Å²) in [5.74, 6) is -80.0. The molecule has 0 aliphatic heterocycles. The van der Waals surface area contributed by atoms with Crippen LogP contribution >= 0.6 is 0 Å². The van der Waals surface area contributed by atoms with Crippen molar-refractivity contribution in [2.24, 2.45) is 4.99 Å². The first-order valence-electron chi connectivity index (χ1n) is 18.9. The highest BCUT2D eigenvalue weighted by Crippen LogP contribution is 2.62. The van der Waals surface area contributed by atoms with Gasteiger partial charge in [-0.1, -0.05) is 35.4 Å². The molecule has 29 heteroatoms. The van der Waals surface area contributed by atoms with Crippen molar-refractivity contribution in [2.45, 2.75) is 158 Å². The summed E-state index contributed by atoms with van der Waals surface area (Å²) >= 11 is 0. The van der Waals surface area contributed by atoms with Gasteiger partial charge in [-0.05, 0) is 83.1 Å². The highest BCUT2D eigenvalue weighted by molar-refractivity contribution is 5.96. The molecule has 0 aliphatic rings. The molecule has 0 radical (unpaired) electrons. The van der Waals surface area contributed by atoms with Crippen LogP contribution in [-0.4, -0.2) is 89.7 Å². The molecule has 68 heavy (non-hydrogen) atoms. The molecule has 0 N–H and O–H groups in total. The summed E-state index contributed by atoms with van der Waals surface area (Å²) in [6.45, 7) is 8.50. The van der Waals surface area contributed by atoms with Crippen molar-refractivity contribution in [1.82, 2.24) is 0 Å². The lowest BCUT2D eigenvalue weighted by atomic mass is 9.89. The topological polar surface area (TPSA) is 32.7 Å². The van der Waals surface area contributed by atoms with Crippen molar-refractivity contribution < 1.29 is 119 Å². The molecule has 0 aromatic heterocycles. The first kappa shape index (κ1) is 59.9. The zero-order valence-electron chi connectivity index (χ0n) is 35.3. The number of hydrogen-bond acceptors (Lipinski definition) is 2. The molecule has 0 saturated carbocycles. The van der Waals surface area contributed by atoms with Gasteiger partial charge in [0.15, 0.2) is 5.78 Å². The average Bonchev–Trinajstić information content (AvgIpc) is 3.13. The third-order valence-corrected chi connectivity index (χ3v) is 10.4. The molecule has 3 nitrogen and oxygen atoms in total. The number of Topliss-reactive ketones (excluding diaryl/α,β-unsaturated/α-hetero) is 1. The van der Waals surface area contributed by atoms with Gasteiger partial charge in [-0.15, -0.1) is 0 Å². The maximum absolute atomic E-state index is 14.9. The van der Waals surface area contributed by atoms with Crippen molar-refractivity contribution in [3.8, 4) is 0 Å². The van der Waals surface area contributed by atoms with Crippen LogP contribution in [-0.2, 0) is 4.79 Å². The summed E-state index contributed by atoms with van der Waals surface area (Å²) in [7, 11) is 0. The number of rotatable bonds is 21. The number of hydrogen-bond donors (Lipinski definition) is 0. The van der Waals surface area contributed by atoms with Gasteiger partial charge in [0, 0.05) is 24.9 Å². The predicted octanol–water partition coefficient (Wildman–Crippen LogP) is 15.5. The molecule has 390 valence electrons. The van der Waals surface area contributed by atoms with E-state index in [1.165, 1.54) is 58.9 Å². The smallest absolute Gasteiger partial charge is 0.321 e. The van der Waals surface area contributed by atoms with Crippen molar-refractivity contribution in [3.63, 3.8) is 0 Å². The second-order valence-electron chi connectivity index (χ2n) is 15.9. The quantitative estimate of drug-likeness (QED) is 0.0709. The van der Waals surface area contributed by atoms with E-state index < -0.39 is 122 Å². The monoisotopic (exact) mass is 1040 g/mol. The Morgan fingerprint density at radius 3 is 1.12 bits per heavy atom. The van der Waals surface area contributed by atoms with Crippen molar-refractivity contribution in [3.05, 3.63) is 57.6 Å².